The average molecular weight is 424 g/mol. The third kappa shape index (κ3) is 4.88. The molecule has 0 aliphatic rings. The molecule has 1 N–H and O–H groups in total. The Labute approximate surface area is 177 Å². The van der Waals surface area contributed by atoms with Crippen LogP contribution in [0.2, 0.25) is 5.02 Å². The molecule has 0 aliphatic heterocycles. The Bertz CT molecular complexity index is 1150. The number of rotatable bonds is 6. The predicted molar refractivity (Wildman–Crippen MR) is 115 cm³/mol. The van der Waals surface area contributed by atoms with Crippen molar-refractivity contribution in [1.29, 1.82) is 0 Å². The predicted octanol–water partition coefficient (Wildman–Crippen LogP) is 4.36. The van der Waals surface area contributed by atoms with Crippen LogP contribution in [0.15, 0.2) is 60.2 Å². The molecule has 8 heteroatoms. The Morgan fingerprint density at radius 2 is 2.07 bits per heavy atom. The monoisotopic (exact) mass is 423 g/mol. The molecule has 0 fully saturated rings. The van der Waals surface area contributed by atoms with Gasteiger partial charge >= 0.3 is 0 Å². The summed E-state index contributed by atoms with van der Waals surface area (Å²) in [5.41, 5.74) is 3.46. The smallest absolute Gasteiger partial charge is 0.230 e. The van der Waals surface area contributed by atoms with Crippen LogP contribution in [0.3, 0.4) is 0 Å². The maximum atomic E-state index is 12.5. The Kier molecular flexibility index (Phi) is 5.69. The van der Waals surface area contributed by atoms with Gasteiger partial charge in [-0.1, -0.05) is 35.9 Å². The highest BCUT2D eigenvalue weighted by molar-refractivity contribution is 7.09. The highest BCUT2D eigenvalue weighted by atomic mass is 35.5. The van der Waals surface area contributed by atoms with E-state index in [2.05, 4.69) is 20.5 Å². The number of halogens is 1. The standard InChI is InChI=1S/C21H18ClN5OS/c1-27-13-23-26-21(27)15-5-3-7-17(10-15)24-19(28)11-18-12-29-20(25-18)9-14-4-2-6-16(22)8-14/h2-8,10,12-13H,9,11H2,1H3,(H,24,28). The van der Waals surface area contributed by atoms with Crippen molar-refractivity contribution in [3.63, 3.8) is 0 Å². The van der Waals surface area contributed by atoms with Crippen molar-refractivity contribution in [3.05, 3.63) is 81.5 Å². The second kappa shape index (κ2) is 8.55. The molecular formula is C21H18ClN5OS. The number of amides is 1. The highest BCUT2D eigenvalue weighted by Crippen LogP contribution is 2.21. The zero-order chi connectivity index (χ0) is 20.2. The van der Waals surface area contributed by atoms with Crippen molar-refractivity contribution in [2.45, 2.75) is 12.8 Å². The lowest BCUT2D eigenvalue weighted by molar-refractivity contribution is -0.115. The van der Waals surface area contributed by atoms with Gasteiger partial charge in [0.15, 0.2) is 5.82 Å². The second-order valence-electron chi connectivity index (χ2n) is 6.61. The molecule has 1 amide bonds. The van der Waals surface area contributed by atoms with E-state index in [4.69, 9.17) is 11.6 Å². The number of carbonyl (C=O) groups is 1. The number of benzene rings is 2. The fourth-order valence-corrected chi connectivity index (χ4v) is 4.02. The molecule has 0 radical (unpaired) electrons. The van der Waals surface area contributed by atoms with Crippen LogP contribution in [0.1, 0.15) is 16.3 Å². The molecule has 2 heterocycles. The molecule has 4 rings (SSSR count). The highest BCUT2D eigenvalue weighted by Gasteiger charge is 2.11. The molecule has 6 nitrogen and oxygen atoms in total. The molecule has 29 heavy (non-hydrogen) atoms. The summed E-state index contributed by atoms with van der Waals surface area (Å²) in [4.78, 5) is 17.0. The molecule has 0 unspecified atom stereocenters. The van der Waals surface area contributed by atoms with E-state index in [0.29, 0.717) is 17.1 Å². The summed E-state index contributed by atoms with van der Waals surface area (Å²) in [6.07, 6.45) is 2.57. The van der Waals surface area contributed by atoms with E-state index in [1.807, 2.05) is 65.5 Å². The summed E-state index contributed by atoms with van der Waals surface area (Å²) in [6, 6.07) is 15.3. The average Bonchev–Trinajstić information content (AvgIpc) is 3.30. The van der Waals surface area contributed by atoms with Crippen LogP contribution >= 0.6 is 22.9 Å². The molecule has 0 spiro atoms. The SMILES string of the molecule is Cn1cnnc1-c1cccc(NC(=O)Cc2csc(Cc3cccc(Cl)c3)n2)c1. The number of hydrogen-bond acceptors (Lipinski definition) is 5. The van der Waals surface area contributed by atoms with Crippen LogP contribution in [0, 0.1) is 0 Å². The second-order valence-corrected chi connectivity index (χ2v) is 7.99. The maximum absolute atomic E-state index is 12.5. The van der Waals surface area contributed by atoms with E-state index >= 15 is 0 Å². The first-order valence-electron chi connectivity index (χ1n) is 8.99. The molecule has 2 aromatic carbocycles. The fourth-order valence-electron chi connectivity index (χ4n) is 2.98. The zero-order valence-electron chi connectivity index (χ0n) is 15.7. The molecule has 0 atom stereocenters. The Morgan fingerprint density at radius 3 is 2.86 bits per heavy atom. The van der Waals surface area contributed by atoms with Gasteiger partial charge in [0, 0.05) is 35.1 Å². The molecule has 0 aliphatic carbocycles. The van der Waals surface area contributed by atoms with Gasteiger partial charge in [-0.3, -0.25) is 4.79 Å². The molecule has 0 saturated carbocycles. The molecule has 0 saturated heterocycles. The van der Waals surface area contributed by atoms with E-state index < -0.39 is 0 Å². The molecular weight excluding hydrogens is 406 g/mol. The summed E-state index contributed by atoms with van der Waals surface area (Å²) >= 11 is 7.58. The number of thiazole rings is 1. The molecule has 4 aromatic rings. The number of aryl methyl sites for hydroxylation is 1. The Hall–Kier alpha value is -3.03. The quantitative estimate of drug-likeness (QED) is 0.500. The number of hydrogen-bond donors (Lipinski definition) is 1. The van der Waals surface area contributed by atoms with Gasteiger partial charge in [-0.2, -0.15) is 0 Å². The van der Waals surface area contributed by atoms with Crippen LogP contribution < -0.4 is 5.32 Å². The number of nitrogens with one attached hydrogen (secondary N) is 1. The van der Waals surface area contributed by atoms with Gasteiger partial charge in [0.1, 0.15) is 6.33 Å². The summed E-state index contributed by atoms with van der Waals surface area (Å²) in [5, 5.41) is 14.5. The summed E-state index contributed by atoms with van der Waals surface area (Å²) in [5.74, 6) is 0.631. The number of nitrogens with zero attached hydrogens (tertiary/aromatic N) is 4. The van der Waals surface area contributed by atoms with Crippen molar-refractivity contribution in [1.82, 2.24) is 19.7 Å². The normalized spacial score (nSPS) is 10.8. The van der Waals surface area contributed by atoms with Crippen LogP contribution in [0.25, 0.3) is 11.4 Å². The summed E-state index contributed by atoms with van der Waals surface area (Å²) in [7, 11) is 1.88. The van der Waals surface area contributed by atoms with E-state index in [1.165, 1.54) is 0 Å². The van der Waals surface area contributed by atoms with Gasteiger partial charge < -0.3 is 9.88 Å². The first-order valence-corrected chi connectivity index (χ1v) is 10.2. The van der Waals surface area contributed by atoms with E-state index in [9.17, 15) is 4.79 Å². The van der Waals surface area contributed by atoms with Crippen LogP contribution in [0.5, 0.6) is 0 Å². The fraction of sp³-hybridized carbons (Fsp3) is 0.143. The van der Waals surface area contributed by atoms with Crippen LogP contribution in [-0.2, 0) is 24.7 Å². The molecule has 146 valence electrons. The number of carbonyl (C=O) groups excluding carboxylic acids is 1. The molecule has 0 bridgehead atoms. The lowest BCUT2D eigenvalue weighted by atomic mass is 10.1. The van der Waals surface area contributed by atoms with Crippen molar-refractivity contribution in [2.75, 3.05) is 5.32 Å². The lowest BCUT2D eigenvalue weighted by Gasteiger charge is -2.06. The zero-order valence-corrected chi connectivity index (χ0v) is 17.2. The van der Waals surface area contributed by atoms with Crippen LogP contribution in [0.4, 0.5) is 5.69 Å². The molecule has 2 aromatic heterocycles. The minimum atomic E-state index is -0.111. The minimum Gasteiger partial charge on any atom is -0.326 e. The third-order valence-corrected chi connectivity index (χ3v) is 5.43. The third-order valence-electron chi connectivity index (χ3n) is 4.30. The van der Waals surface area contributed by atoms with E-state index in [1.54, 1.807) is 17.7 Å². The first-order chi connectivity index (χ1) is 14.1. The largest absolute Gasteiger partial charge is 0.326 e. The van der Waals surface area contributed by atoms with Crippen molar-refractivity contribution in [3.8, 4) is 11.4 Å². The number of aromatic nitrogens is 4. The first kappa shape index (κ1) is 19.3. The lowest BCUT2D eigenvalue weighted by Crippen LogP contribution is -2.14. The van der Waals surface area contributed by atoms with Gasteiger partial charge in [-0.05, 0) is 29.8 Å². The Morgan fingerprint density at radius 1 is 1.21 bits per heavy atom. The van der Waals surface area contributed by atoms with Crippen LogP contribution in [-0.4, -0.2) is 25.7 Å². The number of anilines is 1. The van der Waals surface area contributed by atoms with E-state index in [0.717, 1.165) is 27.7 Å². The van der Waals surface area contributed by atoms with Crippen molar-refractivity contribution < 1.29 is 4.79 Å². The Balaban J connectivity index is 1.39. The topological polar surface area (TPSA) is 72.7 Å². The summed E-state index contributed by atoms with van der Waals surface area (Å²) < 4.78 is 1.83. The van der Waals surface area contributed by atoms with Gasteiger partial charge in [-0.25, -0.2) is 4.98 Å². The van der Waals surface area contributed by atoms with Gasteiger partial charge in [-0.15, -0.1) is 21.5 Å². The van der Waals surface area contributed by atoms with Gasteiger partial charge in [0.05, 0.1) is 17.1 Å². The minimum absolute atomic E-state index is 0.111. The van der Waals surface area contributed by atoms with Gasteiger partial charge in [0.25, 0.3) is 0 Å². The van der Waals surface area contributed by atoms with E-state index in [-0.39, 0.29) is 12.3 Å². The maximum Gasteiger partial charge on any atom is 0.230 e. The summed E-state index contributed by atoms with van der Waals surface area (Å²) in [6.45, 7) is 0. The van der Waals surface area contributed by atoms with Gasteiger partial charge in [0.2, 0.25) is 5.91 Å². The van der Waals surface area contributed by atoms with Crippen molar-refractivity contribution >= 4 is 34.5 Å². The van der Waals surface area contributed by atoms with Crippen molar-refractivity contribution in [2.24, 2.45) is 7.05 Å².